The molecular weight excluding hydrogens is 797 g/mol. The van der Waals surface area contributed by atoms with E-state index < -0.39 is 49.1 Å². The molecule has 61 heavy (non-hydrogen) atoms. The monoisotopic (exact) mass is 834 g/mol. The van der Waals surface area contributed by atoms with Crippen LogP contribution in [0.5, 0.6) is 11.5 Å². The van der Waals surface area contributed by atoms with E-state index in [2.05, 4.69) is 4.98 Å². The fourth-order valence-electron chi connectivity index (χ4n) is 7.06. The molecule has 0 saturated carbocycles. The molecule has 0 unspecified atom stereocenters. The number of hydrogen-bond donors (Lipinski definition) is 1. The molecule has 2 N–H and O–H groups in total. The lowest BCUT2D eigenvalue weighted by Crippen LogP contribution is -2.41. The normalized spacial score (nSPS) is 17.0. The number of methoxy groups -OCH3 is 2. The van der Waals surface area contributed by atoms with Gasteiger partial charge in [0.15, 0.2) is 18.4 Å². The molecule has 5 aromatic carbocycles. The van der Waals surface area contributed by atoms with Gasteiger partial charge in [-0.3, -0.25) is 4.57 Å². The fourth-order valence-corrected chi connectivity index (χ4v) is 7.35. The van der Waals surface area contributed by atoms with Gasteiger partial charge in [-0.1, -0.05) is 66.7 Å². The number of nitrogens with zero attached hydrogens (tertiary/aromatic N) is 3. The highest BCUT2D eigenvalue weighted by Crippen LogP contribution is 2.41. The second-order valence-electron chi connectivity index (χ2n) is 13.9. The van der Waals surface area contributed by atoms with Crippen molar-refractivity contribution in [1.82, 2.24) is 14.5 Å². The summed E-state index contributed by atoms with van der Waals surface area (Å²) in [5, 5.41) is 0.407. The Hall–Kier alpha value is -7.42. The predicted molar refractivity (Wildman–Crippen MR) is 229 cm³/mol. The molecule has 4 atom stereocenters. The van der Waals surface area contributed by atoms with Gasteiger partial charge in [0, 0.05) is 5.56 Å². The maximum atomic E-state index is 14.0. The van der Waals surface area contributed by atoms with Gasteiger partial charge in [0.1, 0.15) is 35.7 Å². The Kier molecular flexibility index (Phi) is 11.8. The van der Waals surface area contributed by atoms with Crippen LogP contribution in [0.1, 0.15) is 37.3 Å². The SMILES string of the molecule is COc1ccc(-c2cc(-c3ccc(OC)cc3)c3c(N)nc(=S)n([C@@H]4O[C@H](COC(=O)c5ccccc5)[C@@H](OC(=O)c5ccccc5)[C@H]4OC(=O)c4ccccc4)c3n2)cc1. The minimum absolute atomic E-state index is 0.0760. The average Bonchev–Trinajstić information content (AvgIpc) is 3.63. The van der Waals surface area contributed by atoms with Crippen molar-refractivity contribution in [3.8, 4) is 33.9 Å². The van der Waals surface area contributed by atoms with Crippen LogP contribution in [0.3, 0.4) is 0 Å². The molecule has 1 aliphatic rings. The predicted octanol–water partition coefficient (Wildman–Crippen LogP) is 8.30. The lowest BCUT2D eigenvalue weighted by Gasteiger charge is -2.26. The summed E-state index contributed by atoms with van der Waals surface area (Å²) in [6.07, 6.45) is -5.31. The third-order valence-corrected chi connectivity index (χ3v) is 10.4. The minimum Gasteiger partial charge on any atom is -0.497 e. The van der Waals surface area contributed by atoms with E-state index in [-0.39, 0.29) is 27.4 Å². The van der Waals surface area contributed by atoms with Gasteiger partial charge >= 0.3 is 17.9 Å². The van der Waals surface area contributed by atoms with Gasteiger partial charge in [0.05, 0.1) is 42.0 Å². The Labute approximate surface area is 355 Å². The molecule has 13 nitrogen and oxygen atoms in total. The molecule has 3 heterocycles. The summed E-state index contributed by atoms with van der Waals surface area (Å²) in [7, 11) is 3.16. The molecule has 0 bridgehead atoms. The third-order valence-electron chi connectivity index (χ3n) is 10.1. The molecule has 14 heteroatoms. The first kappa shape index (κ1) is 40.4. The number of carbonyl (C=O) groups is 3. The van der Waals surface area contributed by atoms with Crippen LogP contribution in [0, 0.1) is 4.77 Å². The van der Waals surface area contributed by atoms with E-state index in [0.29, 0.717) is 33.7 Å². The van der Waals surface area contributed by atoms with Crippen LogP contribution in [0.25, 0.3) is 33.4 Å². The van der Waals surface area contributed by atoms with Crippen molar-refractivity contribution in [2.45, 2.75) is 24.5 Å². The van der Waals surface area contributed by atoms with E-state index in [1.54, 1.807) is 105 Å². The van der Waals surface area contributed by atoms with E-state index >= 15 is 0 Å². The van der Waals surface area contributed by atoms with Gasteiger partial charge in [-0.2, -0.15) is 0 Å². The van der Waals surface area contributed by atoms with Crippen molar-refractivity contribution in [2.24, 2.45) is 0 Å². The summed E-state index contributed by atoms with van der Waals surface area (Å²) in [5.74, 6) is -0.762. The fraction of sp³-hybridized carbons (Fsp3) is 0.149. The van der Waals surface area contributed by atoms with Crippen molar-refractivity contribution in [3.63, 3.8) is 0 Å². The van der Waals surface area contributed by atoms with Gasteiger partial charge in [-0.05, 0) is 102 Å². The summed E-state index contributed by atoms with van der Waals surface area (Å²) in [6, 6.07) is 41.7. The van der Waals surface area contributed by atoms with Crippen LogP contribution in [0.2, 0.25) is 0 Å². The molecular formula is C47H38N4O9S. The Balaban J connectivity index is 1.32. The van der Waals surface area contributed by atoms with E-state index in [4.69, 9.17) is 51.4 Å². The highest BCUT2D eigenvalue weighted by atomic mass is 32.1. The largest absolute Gasteiger partial charge is 0.497 e. The van der Waals surface area contributed by atoms with Crippen LogP contribution in [-0.2, 0) is 18.9 Å². The number of hydrogen-bond acceptors (Lipinski definition) is 13. The van der Waals surface area contributed by atoms with Crippen LogP contribution in [-0.4, -0.2) is 71.6 Å². The van der Waals surface area contributed by atoms with Crippen LogP contribution in [0.4, 0.5) is 5.82 Å². The summed E-state index contributed by atoms with van der Waals surface area (Å²) in [6.45, 7) is -0.411. The second-order valence-corrected chi connectivity index (χ2v) is 14.2. The average molecular weight is 835 g/mol. The minimum atomic E-state index is -1.41. The van der Waals surface area contributed by atoms with E-state index in [1.807, 2.05) is 54.6 Å². The molecule has 1 fully saturated rings. The molecule has 2 aromatic heterocycles. The lowest BCUT2D eigenvalue weighted by atomic mass is 9.99. The second kappa shape index (κ2) is 17.8. The highest BCUT2D eigenvalue weighted by molar-refractivity contribution is 7.71. The van der Waals surface area contributed by atoms with Crippen LogP contribution >= 0.6 is 12.2 Å². The van der Waals surface area contributed by atoms with Gasteiger partial charge in [-0.15, -0.1) is 0 Å². The molecule has 1 aliphatic heterocycles. The smallest absolute Gasteiger partial charge is 0.338 e. The first-order valence-electron chi connectivity index (χ1n) is 19.1. The van der Waals surface area contributed by atoms with Crippen LogP contribution in [0.15, 0.2) is 146 Å². The molecule has 0 radical (unpaired) electrons. The number of esters is 3. The first-order valence-corrected chi connectivity index (χ1v) is 19.5. The topological polar surface area (TPSA) is 163 Å². The maximum absolute atomic E-state index is 14.0. The number of carbonyl (C=O) groups excluding carboxylic acids is 3. The van der Waals surface area contributed by atoms with Crippen molar-refractivity contribution in [1.29, 1.82) is 0 Å². The van der Waals surface area contributed by atoms with Crippen LogP contribution < -0.4 is 15.2 Å². The van der Waals surface area contributed by atoms with Gasteiger partial charge < -0.3 is 34.2 Å². The van der Waals surface area contributed by atoms with Crippen molar-refractivity contribution >= 4 is 47.0 Å². The summed E-state index contributed by atoms with van der Waals surface area (Å²) in [4.78, 5) is 50.9. The summed E-state index contributed by atoms with van der Waals surface area (Å²) >= 11 is 5.95. The van der Waals surface area contributed by atoms with Gasteiger partial charge in [0.2, 0.25) is 4.77 Å². The molecule has 1 saturated heterocycles. The van der Waals surface area contributed by atoms with Gasteiger partial charge in [-0.25, -0.2) is 24.4 Å². The van der Waals surface area contributed by atoms with E-state index in [1.165, 1.54) is 4.57 Å². The molecule has 306 valence electrons. The molecule has 0 amide bonds. The molecule has 0 spiro atoms. The number of anilines is 1. The van der Waals surface area contributed by atoms with Crippen molar-refractivity contribution < 1.29 is 42.8 Å². The number of nitrogen functional groups attached to an aromatic ring is 1. The molecule has 8 rings (SSSR count). The maximum Gasteiger partial charge on any atom is 0.338 e. The van der Waals surface area contributed by atoms with Gasteiger partial charge in [0.25, 0.3) is 0 Å². The number of pyridine rings is 1. The number of rotatable bonds is 12. The zero-order chi connectivity index (χ0) is 42.5. The zero-order valence-electron chi connectivity index (χ0n) is 32.9. The zero-order valence-corrected chi connectivity index (χ0v) is 33.7. The Morgan fingerprint density at radius 1 is 0.656 bits per heavy atom. The molecule has 0 aliphatic carbocycles. The number of ether oxygens (including phenoxy) is 6. The van der Waals surface area contributed by atoms with Crippen molar-refractivity contribution in [3.05, 3.63) is 167 Å². The highest BCUT2D eigenvalue weighted by Gasteiger charge is 2.52. The quantitative estimate of drug-likeness (QED) is 0.0711. The third kappa shape index (κ3) is 8.53. The standard InChI is InChI=1S/C47H38N4O9S/c1-55-33-22-18-28(19-23-33)35-26-36(29-20-24-34(56-2)25-21-29)49-42-38(35)41(48)50-47(61)51(42)43-40(60-46(54)32-16-10-5-11-17-32)39(59-45(53)31-14-8-4-9-15-31)37(58-43)27-57-44(52)30-12-6-3-7-13-30/h3-26,37,39-40,43H,27H2,1-2H3,(H2,48,50,61)/t37-,39-,40-,43-/m1/s1. The number of benzene rings is 5. The number of aromatic nitrogens is 3. The Morgan fingerprint density at radius 3 is 1.67 bits per heavy atom. The van der Waals surface area contributed by atoms with E-state index in [0.717, 1.165) is 11.1 Å². The molecule has 7 aromatic rings. The van der Waals surface area contributed by atoms with E-state index in [9.17, 15) is 14.4 Å². The lowest BCUT2D eigenvalue weighted by molar-refractivity contribution is -0.0615. The Morgan fingerprint density at radius 2 is 1.15 bits per heavy atom. The first-order chi connectivity index (χ1) is 29.7. The number of nitrogens with two attached hydrogens (primary N) is 1. The summed E-state index contributed by atoms with van der Waals surface area (Å²) in [5.41, 5.74) is 10.3. The summed E-state index contributed by atoms with van der Waals surface area (Å²) < 4.78 is 37.2. The number of fused-ring (bicyclic) bond motifs is 1. The van der Waals surface area contributed by atoms with Crippen molar-refractivity contribution in [2.75, 3.05) is 26.6 Å². The Bertz CT molecular complexity index is 2750.